The summed E-state index contributed by atoms with van der Waals surface area (Å²) in [7, 11) is 0. The van der Waals surface area contributed by atoms with Gasteiger partial charge in [0.2, 0.25) is 5.82 Å². The van der Waals surface area contributed by atoms with Crippen LogP contribution in [0.25, 0.3) is 0 Å². The van der Waals surface area contributed by atoms with Crippen LogP contribution in [0.3, 0.4) is 0 Å². The predicted molar refractivity (Wildman–Crippen MR) is 60.0 cm³/mol. The quantitative estimate of drug-likeness (QED) is 0.748. The van der Waals surface area contributed by atoms with Gasteiger partial charge in [-0.15, -0.1) is 5.10 Å². The summed E-state index contributed by atoms with van der Waals surface area (Å²) in [6.45, 7) is 5.25. The molecule has 1 rings (SSSR count). The van der Waals surface area contributed by atoms with Gasteiger partial charge < -0.3 is 5.73 Å². The molecule has 0 amide bonds. The summed E-state index contributed by atoms with van der Waals surface area (Å²) in [5.74, 6) is 1.11. The first kappa shape index (κ1) is 11.1. The molecule has 0 saturated carbocycles. The molecule has 0 aromatic carbocycles. The van der Waals surface area contributed by atoms with Crippen molar-refractivity contribution in [2.24, 2.45) is 11.7 Å². The standard InChI is InChI=1S/C9H16N4S/c1-3-7(4-2)5-13-6-11-9(12-13)8(10)14/h6-7H,3-5H2,1-2H3,(H2,10,14). The number of nitrogens with zero attached hydrogens (tertiary/aromatic N) is 3. The lowest BCUT2D eigenvalue weighted by Gasteiger charge is -2.10. The van der Waals surface area contributed by atoms with E-state index in [4.69, 9.17) is 18.0 Å². The van der Waals surface area contributed by atoms with Crippen molar-refractivity contribution < 1.29 is 0 Å². The lowest BCUT2D eigenvalue weighted by atomic mass is 10.0. The Morgan fingerprint density at radius 2 is 2.21 bits per heavy atom. The lowest BCUT2D eigenvalue weighted by Crippen LogP contribution is -2.14. The van der Waals surface area contributed by atoms with Crippen LogP contribution < -0.4 is 5.73 Å². The van der Waals surface area contributed by atoms with Gasteiger partial charge in [-0.25, -0.2) is 4.98 Å². The topological polar surface area (TPSA) is 56.7 Å². The highest BCUT2D eigenvalue weighted by molar-refractivity contribution is 7.80. The van der Waals surface area contributed by atoms with Crippen LogP contribution in [0.1, 0.15) is 32.5 Å². The third-order valence-corrected chi connectivity index (χ3v) is 2.54. The average Bonchev–Trinajstić information content (AvgIpc) is 2.62. The van der Waals surface area contributed by atoms with E-state index in [2.05, 4.69) is 23.9 Å². The summed E-state index contributed by atoms with van der Waals surface area (Å²) in [6, 6.07) is 0. The number of hydrogen-bond acceptors (Lipinski definition) is 3. The highest BCUT2D eigenvalue weighted by Gasteiger charge is 2.07. The minimum Gasteiger partial charge on any atom is -0.387 e. The Labute approximate surface area is 89.5 Å². The van der Waals surface area contributed by atoms with Gasteiger partial charge in [0.05, 0.1) is 0 Å². The van der Waals surface area contributed by atoms with Crippen molar-refractivity contribution in [1.29, 1.82) is 0 Å². The molecule has 0 aliphatic rings. The number of nitrogens with two attached hydrogens (primary N) is 1. The Bertz CT molecular complexity index is 304. The molecule has 0 radical (unpaired) electrons. The van der Waals surface area contributed by atoms with Gasteiger partial charge >= 0.3 is 0 Å². The van der Waals surface area contributed by atoms with Gasteiger partial charge in [-0.1, -0.05) is 38.9 Å². The third-order valence-electron chi connectivity index (χ3n) is 2.36. The van der Waals surface area contributed by atoms with E-state index in [1.165, 1.54) is 0 Å². The van der Waals surface area contributed by atoms with Gasteiger partial charge in [-0.2, -0.15) is 0 Å². The van der Waals surface area contributed by atoms with E-state index in [1.807, 2.05) is 4.68 Å². The Balaban J connectivity index is 2.63. The van der Waals surface area contributed by atoms with Gasteiger partial charge in [0.1, 0.15) is 11.3 Å². The summed E-state index contributed by atoms with van der Waals surface area (Å²) in [5.41, 5.74) is 5.42. The fraction of sp³-hybridized carbons (Fsp3) is 0.667. The molecule has 0 spiro atoms. The van der Waals surface area contributed by atoms with Crippen LogP contribution in [0.4, 0.5) is 0 Å². The van der Waals surface area contributed by atoms with Crippen LogP contribution in [0.2, 0.25) is 0 Å². The molecule has 0 fully saturated rings. The van der Waals surface area contributed by atoms with E-state index < -0.39 is 0 Å². The molecule has 2 N–H and O–H groups in total. The second-order valence-electron chi connectivity index (χ2n) is 3.34. The molecular weight excluding hydrogens is 196 g/mol. The van der Waals surface area contributed by atoms with Gasteiger partial charge in [0.25, 0.3) is 0 Å². The summed E-state index contributed by atoms with van der Waals surface area (Å²) >= 11 is 4.79. The van der Waals surface area contributed by atoms with Crippen molar-refractivity contribution in [3.05, 3.63) is 12.2 Å². The molecule has 4 nitrogen and oxygen atoms in total. The molecule has 1 aromatic rings. The molecule has 1 aromatic heterocycles. The maximum absolute atomic E-state index is 5.42. The highest BCUT2D eigenvalue weighted by Crippen LogP contribution is 2.09. The van der Waals surface area contributed by atoms with E-state index in [0.717, 1.165) is 19.4 Å². The summed E-state index contributed by atoms with van der Waals surface area (Å²) in [4.78, 5) is 4.28. The summed E-state index contributed by atoms with van der Waals surface area (Å²) in [5, 5.41) is 4.18. The second-order valence-corrected chi connectivity index (χ2v) is 3.78. The van der Waals surface area contributed by atoms with E-state index in [1.54, 1.807) is 6.33 Å². The fourth-order valence-electron chi connectivity index (χ4n) is 1.31. The molecule has 78 valence electrons. The van der Waals surface area contributed by atoms with Crippen LogP contribution in [0.15, 0.2) is 6.33 Å². The maximum Gasteiger partial charge on any atom is 0.208 e. The zero-order valence-corrected chi connectivity index (χ0v) is 9.42. The molecule has 0 aliphatic carbocycles. The Kier molecular flexibility index (Phi) is 4.00. The van der Waals surface area contributed by atoms with Crippen LogP contribution >= 0.6 is 12.2 Å². The predicted octanol–water partition coefficient (Wildman–Crippen LogP) is 1.35. The Morgan fingerprint density at radius 1 is 1.57 bits per heavy atom. The van der Waals surface area contributed by atoms with Crippen LogP contribution in [0.5, 0.6) is 0 Å². The van der Waals surface area contributed by atoms with E-state index in [-0.39, 0.29) is 4.99 Å². The molecule has 0 bridgehead atoms. The van der Waals surface area contributed by atoms with Gasteiger partial charge in [-0.3, -0.25) is 4.68 Å². The molecule has 0 saturated heterocycles. The van der Waals surface area contributed by atoms with Crippen LogP contribution in [-0.4, -0.2) is 19.8 Å². The first-order valence-corrected chi connectivity index (χ1v) is 5.27. The Morgan fingerprint density at radius 3 is 2.64 bits per heavy atom. The lowest BCUT2D eigenvalue weighted by molar-refractivity contribution is 0.395. The van der Waals surface area contributed by atoms with Gasteiger partial charge in [0.15, 0.2) is 0 Å². The van der Waals surface area contributed by atoms with Crippen LogP contribution in [-0.2, 0) is 6.54 Å². The smallest absolute Gasteiger partial charge is 0.208 e. The average molecular weight is 212 g/mol. The molecule has 5 heteroatoms. The van der Waals surface area contributed by atoms with E-state index in [0.29, 0.717) is 11.7 Å². The van der Waals surface area contributed by atoms with E-state index in [9.17, 15) is 0 Å². The summed E-state index contributed by atoms with van der Waals surface area (Å²) < 4.78 is 1.81. The SMILES string of the molecule is CCC(CC)Cn1cnc(C(N)=S)n1. The molecule has 0 unspecified atom stereocenters. The maximum atomic E-state index is 5.42. The highest BCUT2D eigenvalue weighted by atomic mass is 32.1. The zero-order chi connectivity index (χ0) is 10.6. The van der Waals surface area contributed by atoms with Crippen LogP contribution in [0, 0.1) is 5.92 Å². The van der Waals surface area contributed by atoms with Crippen molar-refractivity contribution >= 4 is 17.2 Å². The van der Waals surface area contributed by atoms with Crippen molar-refractivity contribution in [3.63, 3.8) is 0 Å². The van der Waals surface area contributed by atoms with Crippen molar-refractivity contribution in [2.45, 2.75) is 33.2 Å². The largest absolute Gasteiger partial charge is 0.387 e. The molecule has 0 aliphatic heterocycles. The minimum atomic E-state index is 0.258. The molecular formula is C9H16N4S. The molecule has 0 atom stereocenters. The number of rotatable bonds is 5. The van der Waals surface area contributed by atoms with Crippen molar-refractivity contribution in [2.75, 3.05) is 0 Å². The monoisotopic (exact) mass is 212 g/mol. The number of thiocarbonyl (C=S) groups is 1. The third kappa shape index (κ3) is 2.77. The Hall–Kier alpha value is -0.970. The normalized spacial score (nSPS) is 10.8. The fourth-order valence-corrected chi connectivity index (χ4v) is 1.40. The first-order valence-electron chi connectivity index (χ1n) is 4.86. The zero-order valence-electron chi connectivity index (χ0n) is 8.60. The van der Waals surface area contributed by atoms with Crippen molar-refractivity contribution in [1.82, 2.24) is 14.8 Å². The number of hydrogen-bond donors (Lipinski definition) is 1. The molecule has 1 heterocycles. The van der Waals surface area contributed by atoms with E-state index >= 15 is 0 Å². The first-order chi connectivity index (χ1) is 6.67. The number of aromatic nitrogens is 3. The van der Waals surface area contributed by atoms with Gasteiger partial charge in [-0.05, 0) is 5.92 Å². The molecule has 14 heavy (non-hydrogen) atoms. The second kappa shape index (κ2) is 5.05. The van der Waals surface area contributed by atoms with Gasteiger partial charge in [0, 0.05) is 6.54 Å². The summed E-state index contributed by atoms with van der Waals surface area (Å²) in [6.07, 6.45) is 3.99. The van der Waals surface area contributed by atoms with Crippen molar-refractivity contribution in [3.8, 4) is 0 Å². The minimum absolute atomic E-state index is 0.258.